The van der Waals surface area contributed by atoms with Crippen molar-refractivity contribution in [3.8, 4) is 0 Å². The Kier molecular flexibility index (Phi) is 5.37. The van der Waals surface area contributed by atoms with E-state index in [0.29, 0.717) is 23.7 Å². The second-order valence-electron chi connectivity index (χ2n) is 4.88. The van der Waals surface area contributed by atoms with Crippen molar-refractivity contribution >= 4 is 17.5 Å². The summed E-state index contributed by atoms with van der Waals surface area (Å²) < 4.78 is 5.06. The molecule has 0 aromatic heterocycles. The number of hydrogen-bond donors (Lipinski definition) is 0. The molecule has 0 unspecified atom stereocenters. The van der Waals surface area contributed by atoms with Crippen LogP contribution >= 0.6 is 11.6 Å². The number of methoxy groups -OCH3 is 1. The van der Waals surface area contributed by atoms with Crippen molar-refractivity contribution in [1.82, 2.24) is 4.90 Å². The molecular formula is C17H18ClNO2. The zero-order valence-electron chi connectivity index (χ0n) is 12.2. The highest BCUT2D eigenvalue weighted by atomic mass is 35.5. The van der Waals surface area contributed by atoms with Crippen molar-refractivity contribution in [2.75, 3.05) is 14.2 Å². The molecule has 21 heavy (non-hydrogen) atoms. The van der Waals surface area contributed by atoms with Gasteiger partial charge in [-0.25, -0.2) is 0 Å². The predicted molar refractivity (Wildman–Crippen MR) is 84.4 cm³/mol. The third kappa shape index (κ3) is 4.06. The maximum Gasteiger partial charge on any atom is 0.253 e. The summed E-state index contributed by atoms with van der Waals surface area (Å²) in [6.07, 6.45) is 0. The second kappa shape index (κ2) is 7.25. The highest BCUT2D eigenvalue weighted by Crippen LogP contribution is 2.17. The minimum Gasteiger partial charge on any atom is -0.380 e. The van der Waals surface area contributed by atoms with E-state index in [4.69, 9.17) is 16.3 Å². The maximum absolute atomic E-state index is 12.4. The summed E-state index contributed by atoms with van der Waals surface area (Å²) in [4.78, 5) is 14.0. The third-order valence-electron chi connectivity index (χ3n) is 3.22. The van der Waals surface area contributed by atoms with Crippen LogP contribution in [0.5, 0.6) is 0 Å². The van der Waals surface area contributed by atoms with Gasteiger partial charge in [-0.15, -0.1) is 0 Å². The lowest BCUT2D eigenvalue weighted by Gasteiger charge is -2.18. The molecule has 0 radical (unpaired) electrons. The van der Waals surface area contributed by atoms with Gasteiger partial charge in [-0.05, 0) is 29.3 Å². The summed E-state index contributed by atoms with van der Waals surface area (Å²) in [7, 11) is 3.42. The SMILES string of the molecule is COCc1ccc(C(=O)N(C)Cc2ccccc2Cl)cc1. The summed E-state index contributed by atoms with van der Waals surface area (Å²) in [5, 5.41) is 0.674. The lowest BCUT2D eigenvalue weighted by atomic mass is 10.1. The fourth-order valence-corrected chi connectivity index (χ4v) is 2.28. The molecule has 0 aliphatic heterocycles. The van der Waals surface area contributed by atoms with Crippen molar-refractivity contribution in [3.63, 3.8) is 0 Å². The first-order valence-electron chi connectivity index (χ1n) is 6.68. The van der Waals surface area contributed by atoms with Gasteiger partial charge in [-0.2, -0.15) is 0 Å². The summed E-state index contributed by atoms with van der Waals surface area (Å²) in [6.45, 7) is 1.03. The Hall–Kier alpha value is -1.84. The quantitative estimate of drug-likeness (QED) is 0.841. The Morgan fingerprint density at radius 1 is 1.14 bits per heavy atom. The lowest BCUT2D eigenvalue weighted by Crippen LogP contribution is -2.26. The molecule has 0 fully saturated rings. The average Bonchev–Trinajstić information content (AvgIpc) is 2.50. The van der Waals surface area contributed by atoms with E-state index in [-0.39, 0.29) is 5.91 Å². The van der Waals surface area contributed by atoms with Gasteiger partial charge < -0.3 is 9.64 Å². The number of carbonyl (C=O) groups excluding carboxylic acids is 1. The van der Waals surface area contributed by atoms with Crippen molar-refractivity contribution in [2.45, 2.75) is 13.2 Å². The normalized spacial score (nSPS) is 10.4. The number of carbonyl (C=O) groups is 1. The van der Waals surface area contributed by atoms with E-state index in [0.717, 1.165) is 11.1 Å². The summed E-state index contributed by atoms with van der Waals surface area (Å²) in [5.74, 6) is -0.0288. The molecule has 0 bridgehead atoms. The van der Waals surface area contributed by atoms with Gasteiger partial charge in [0.25, 0.3) is 5.91 Å². The molecule has 0 N–H and O–H groups in total. The Morgan fingerprint density at radius 2 is 1.81 bits per heavy atom. The van der Waals surface area contributed by atoms with E-state index in [2.05, 4.69) is 0 Å². The first-order valence-corrected chi connectivity index (χ1v) is 7.06. The number of rotatable bonds is 5. The molecule has 2 rings (SSSR count). The number of halogens is 1. The first-order chi connectivity index (χ1) is 10.1. The number of nitrogens with zero attached hydrogens (tertiary/aromatic N) is 1. The van der Waals surface area contributed by atoms with Gasteiger partial charge in [-0.1, -0.05) is 41.9 Å². The Morgan fingerprint density at radius 3 is 2.43 bits per heavy atom. The molecule has 2 aromatic carbocycles. The molecule has 0 saturated heterocycles. The minimum absolute atomic E-state index is 0.0288. The second-order valence-corrected chi connectivity index (χ2v) is 5.29. The molecule has 0 atom stereocenters. The van der Waals surface area contributed by atoms with Crippen LogP contribution in [-0.4, -0.2) is 25.0 Å². The van der Waals surface area contributed by atoms with Crippen LogP contribution < -0.4 is 0 Å². The van der Waals surface area contributed by atoms with Crippen LogP contribution in [0.3, 0.4) is 0 Å². The van der Waals surface area contributed by atoms with Crippen LogP contribution in [-0.2, 0) is 17.9 Å². The molecule has 2 aromatic rings. The van der Waals surface area contributed by atoms with E-state index in [9.17, 15) is 4.79 Å². The Bertz CT molecular complexity index is 610. The standard InChI is InChI=1S/C17H18ClNO2/c1-19(11-15-5-3-4-6-16(15)18)17(20)14-9-7-13(8-10-14)12-21-2/h3-10H,11-12H2,1-2H3. The van der Waals surface area contributed by atoms with Crippen molar-refractivity contribution in [1.29, 1.82) is 0 Å². The monoisotopic (exact) mass is 303 g/mol. The molecule has 0 heterocycles. The molecular weight excluding hydrogens is 286 g/mol. The minimum atomic E-state index is -0.0288. The highest BCUT2D eigenvalue weighted by Gasteiger charge is 2.13. The van der Waals surface area contributed by atoms with Crippen molar-refractivity contribution in [2.24, 2.45) is 0 Å². The Labute approximate surface area is 130 Å². The highest BCUT2D eigenvalue weighted by molar-refractivity contribution is 6.31. The number of benzene rings is 2. The zero-order valence-corrected chi connectivity index (χ0v) is 12.9. The summed E-state index contributed by atoms with van der Waals surface area (Å²) >= 11 is 6.12. The van der Waals surface area contributed by atoms with Crippen LogP contribution in [0.2, 0.25) is 5.02 Å². The van der Waals surface area contributed by atoms with E-state index in [1.165, 1.54) is 0 Å². The van der Waals surface area contributed by atoms with E-state index < -0.39 is 0 Å². The smallest absolute Gasteiger partial charge is 0.253 e. The fraction of sp³-hybridized carbons (Fsp3) is 0.235. The van der Waals surface area contributed by atoms with Crippen LogP contribution in [0.4, 0.5) is 0 Å². The van der Waals surface area contributed by atoms with Crippen LogP contribution in [0.25, 0.3) is 0 Å². The average molecular weight is 304 g/mol. The van der Waals surface area contributed by atoms with Gasteiger partial charge in [0, 0.05) is 31.3 Å². The van der Waals surface area contributed by atoms with Crippen LogP contribution in [0.1, 0.15) is 21.5 Å². The lowest BCUT2D eigenvalue weighted by molar-refractivity contribution is 0.0785. The van der Waals surface area contributed by atoms with Gasteiger partial charge in [0.05, 0.1) is 6.61 Å². The van der Waals surface area contributed by atoms with E-state index >= 15 is 0 Å². The van der Waals surface area contributed by atoms with Gasteiger partial charge in [0.2, 0.25) is 0 Å². The Balaban J connectivity index is 2.07. The molecule has 0 saturated carbocycles. The van der Waals surface area contributed by atoms with Gasteiger partial charge >= 0.3 is 0 Å². The number of ether oxygens (including phenoxy) is 1. The van der Waals surface area contributed by atoms with Crippen molar-refractivity contribution < 1.29 is 9.53 Å². The molecule has 3 nitrogen and oxygen atoms in total. The van der Waals surface area contributed by atoms with Crippen LogP contribution in [0.15, 0.2) is 48.5 Å². The summed E-state index contributed by atoms with van der Waals surface area (Å²) in [6, 6.07) is 15.0. The van der Waals surface area contributed by atoms with Gasteiger partial charge in [0.15, 0.2) is 0 Å². The molecule has 4 heteroatoms. The van der Waals surface area contributed by atoms with E-state index in [1.54, 1.807) is 19.1 Å². The van der Waals surface area contributed by atoms with Crippen LogP contribution in [0, 0.1) is 0 Å². The maximum atomic E-state index is 12.4. The zero-order chi connectivity index (χ0) is 15.2. The number of amides is 1. The molecule has 0 spiro atoms. The molecule has 1 amide bonds. The molecule has 0 aliphatic carbocycles. The van der Waals surface area contributed by atoms with E-state index in [1.807, 2.05) is 48.5 Å². The fourth-order valence-electron chi connectivity index (χ4n) is 2.08. The first kappa shape index (κ1) is 15.5. The molecule has 110 valence electrons. The topological polar surface area (TPSA) is 29.5 Å². The van der Waals surface area contributed by atoms with Crippen molar-refractivity contribution in [3.05, 3.63) is 70.2 Å². The largest absolute Gasteiger partial charge is 0.380 e. The summed E-state index contributed by atoms with van der Waals surface area (Å²) in [5.41, 5.74) is 2.64. The number of hydrogen-bond acceptors (Lipinski definition) is 2. The molecule has 0 aliphatic rings. The third-order valence-corrected chi connectivity index (χ3v) is 3.59. The van der Waals surface area contributed by atoms with Gasteiger partial charge in [0.1, 0.15) is 0 Å². The van der Waals surface area contributed by atoms with Gasteiger partial charge in [-0.3, -0.25) is 4.79 Å². The predicted octanol–water partition coefficient (Wildman–Crippen LogP) is 3.76.